The highest BCUT2D eigenvalue weighted by molar-refractivity contribution is 5.94. The van der Waals surface area contributed by atoms with Gasteiger partial charge in [0.25, 0.3) is 5.91 Å². The smallest absolute Gasteiger partial charge is 0.272 e. The zero-order valence-electron chi connectivity index (χ0n) is 15.2. The van der Waals surface area contributed by atoms with Crippen molar-refractivity contribution in [2.75, 3.05) is 7.11 Å². The molecule has 0 aliphatic heterocycles. The van der Waals surface area contributed by atoms with Gasteiger partial charge < -0.3 is 10.1 Å². The molecule has 7 heteroatoms. The van der Waals surface area contributed by atoms with E-state index in [1.807, 2.05) is 39.0 Å². The van der Waals surface area contributed by atoms with E-state index in [1.165, 1.54) is 0 Å². The lowest BCUT2D eigenvalue weighted by Crippen LogP contribution is -2.40. The summed E-state index contributed by atoms with van der Waals surface area (Å²) in [5.41, 5.74) is 2.30. The Morgan fingerprint density at radius 2 is 2.00 bits per heavy atom. The van der Waals surface area contributed by atoms with Gasteiger partial charge in [0.1, 0.15) is 0 Å². The first kappa shape index (κ1) is 17.6. The van der Waals surface area contributed by atoms with Gasteiger partial charge in [0, 0.05) is 29.6 Å². The average Bonchev–Trinajstić information content (AvgIpc) is 3.07. The van der Waals surface area contributed by atoms with Crippen LogP contribution >= 0.6 is 0 Å². The van der Waals surface area contributed by atoms with Crippen molar-refractivity contribution in [3.05, 3.63) is 54.6 Å². The standard InChI is InChI=1S/C19H21N5O2/c1-19(2,3)22-18(25)15-10-16(13-7-8-17(26-4)21-11-13)24(23-15)14-6-5-9-20-12-14/h5-12H,1-4H3,(H,22,25). The van der Waals surface area contributed by atoms with Gasteiger partial charge in [-0.3, -0.25) is 9.78 Å². The van der Waals surface area contributed by atoms with E-state index in [9.17, 15) is 4.79 Å². The topological polar surface area (TPSA) is 81.9 Å². The van der Waals surface area contributed by atoms with E-state index in [-0.39, 0.29) is 11.4 Å². The molecule has 0 radical (unpaired) electrons. The Bertz CT molecular complexity index is 896. The van der Waals surface area contributed by atoms with Gasteiger partial charge in [-0.05, 0) is 45.0 Å². The van der Waals surface area contributed by atoms with Crippen LogP contribution in [0.4, 0.5) is 0 Å². The molecule has 0 aliphatic rings. The van der Waals surface area contributed by atoms with Crippen molar-refractivity contribution in [2.45, 2.75) is 26.3 Å². The molecule has 0 aromatic carbocycles. The van der Waals surface area contributed by atoms with Gasteiger partial charge in [0.2, 0.25) is 5.88 Å². The van der Waals surface area contributed by atoms with Crippen LogP contribution in [0.25, 0.3) is 16.9 Å². The molecule has 0 unspecified atom stereocenters. The van der Waals surface area contributed by atoms with Crippen LogP contribution in [-0.4, -0.2) is 38.3 Å². The maximum Gasteiger partial charge on any atom is 0.272 e. The maximum atomic E-state index is 12.6. The van der Waals surface area contributed by atoms with E-state index >= 15 is 0 Å². The zero-order chi connectivity index (χ0) is 18.7. The first-order valence-electron chi connectivity index (χ1n) is 8.21. The third-order valence-corrected chi connectivity index (χ3v) is 3.56. The van der Waals surface area contributed by atoms with Crippen LogP contribution in [0, 0.1) is 0 Å². The summed E-state index contributed by atoms with van der Waals surface area (Å²) in [6.07, 6.45) is 5.07. The predicted molar refractivity (Wildman–Crippen MR) is 98.4 cm³/mol. The second-order valence-corrected chi connectivity index (χ2v) is 6.83. The molecule has 0 bridgehead atoms. The normalized spacial score (nSPS) is 11.2. The van der Waals surface area contributed by atoms with Crippen LogP contribution in [0.2, 0.25) is 0 Å². The Kier molecular flexibility index (Phi) is 4.71. The molecule has 0 saturated carbocycles. The number of ether oxygens (including phenoxy) is 1. The number of aromatic nitrogens is 4. The highest BCUT2D eigenvalue weighted by Gasteiger charge is 2.21. The Balaban J connectivity index is 2.07. The van der Waals surface area contributed by atoms with Crippen LogP contribution in [0.3, 0.4) is 0 Å². The summed E-state index contributed by atoms with van der Waals surface area (Å²) in [7, 11) is 1.57. The largest absolute Gasteiger partial charge is 0.481 e. The van der Waals surface area contributed by atoms with Gasteiger partial charge in [0.05, 0.1) is 24.7 Å². The Hall–Kier alpha value is -3.22. The summed E-state index contributed by atoms with van der Waals surface area (Å²) in [6.45, 7) is 5.78. The summed E-state index contributed by atoms with van der Waals surface area (Å²) >= 11 is 0. The summed E-state index contributed by atoms with van der Waals surface area (Å²) in [4.78, 5) is 20.9. The number of hydrogen-bond acceptors (Lipinski definition) is 5. The molecule has 0 atom stereocenters. The zero-order valence-corrected chi connectivity index (χ0v) is 15.2. The SMILES string of the molecule is COc1ccc(-c2cc(C(=O)NC(C)(C)C)nn2-c2cccnc2)cn1. The number of nitrogens with one attached hydrogen (secondary N) is 1. The van der Waals surface area contributed by atoms with E-state index in [4.69, 9.17) is 4.74 Å². The molecule has 3 rings (SSSR count). The molecular weight excluding hydrogens is 330 g/mol. The first-order valence-corrected chi connectivity index (χ1v) is 8.21. The number of amides is 1. The molecule has 3 heterocycles. The van der Waals surface area contributed by atoms with Gasteiger partial charge in [-0.25, -0.2) is 9.67 Å². The molecule has 0 fully saturated rings. The monoisotopic (exact) mass is 351 g/mol. The Morgan fingerprint density at radius 3 is 2.58 bits per heavy atom. The highest BCUT2D eigenvalue weighted by atomic mass is 16.5. The number of hydrogen-bond donors (Lipinski definition) is 1. The van der Waals surface area contributed by atoms with Crippen molar-refractivity contribution < 1.29 is 9.53 Å². The number of carbonyl (C=O) groups excluding carboxylic acids is 1. The molecule has 0 spiro atoms. The lowest BCUT2D eigenvalue weighted by atomic mass is 10.1. The van der Waals surface area contributed by atoms with Crippen molar-refractivity contribution in [1.29, 1.82) is 0 Å². The number of methoxy groups -OCH3 is 1. The highest BCUT2D eigenvalue weighted by Crippen LogP contribution is 2.24. The third kappa shape index (κ3) is 3.88. The average molecular weight is 351 g/mol. The van der Waals surface area contributed by atoms with Crippen LogP contribution in [0.5, 0.6) is 5.88 Å². The molecular formula is C19H21N5O2. The molecule has 7 nitrogen and oxygen atoms in total. The summed E-state index contributed by atoms with van der Waals surface area (Å²) < 4.78 is 6.80. The van der Waals surface area contributed by atoms with Crippen LogP contribution < -0.4 is 10.1 Å². The molecule has 1 amide bonds. The fourth-order valence-electron chi connectivity index (χ4n) is 2.43. The van der Waals surface area contributed by atoms with E-state index in [0.717, 1.165) is 16.9 Å². The van der Waals surface area contributed by atoms with Crippen molar-refractivity contribution in [2.24, 2.45) is 0 Å². The number of nitrogens with zero attached hydrogens (tertiary/aromatic N) is 4. The molecule has 0 saturated heterocycles. The molecule has 1 N–H and O–H groups in total. The van der Waals surface area contributed by atoms with Gasteiger partial charge in [-0.1, -0.05) is 0 Å². The third-order valence-electron chi connectivity index (χ3n) is 3.56. The molecule has 3 aromatic heterocycles. The number of pyridine rings is 2. The molecule has 3 aromatic rings. The first-order chi connectivity index (χ1) is 12.4. The lowest BCUT2D eigenvalue weighted by Gasteiger charge is -2.19. The second kappa shape index (κ2) is 6.95. The molecule has 0 aliphatic carbocycles. The minimum atomic E-state index is -0.350. The van der Waals surface area contributed by atoms with Crippen LogP contribution in [-0.2, 0) is 0 Å². The fraction of sp³-hybridized carbons (Fsp3) is 0.263. The predicted octanol–water partition coefficient (Wildman–Crippen LogP) is 2.87. The Labute approximate surface area is 152 Å². The summed E-state index contributed by atoms with van der Waals surface area (Å²) in [5.74, 6) is 0.287. The second-order valence-electron chi connectivity index (χ2n) is 6.83. The van der Waals surface area contributed by atoms with Gasteiger partial charge in [-0.15, -0.1) is 0 Å². The van der Waals surface area contributed by atoms with Gasteiger partial charge in [0.15, 0.2) is 5.69 Å². The molecule has 26 heavy (non-hydrogen) atoms. The van der Waals surface area contributed by atoms with Gasteiger partial charge in [-0.2, -0.15) is 5.10 Å². The maximum absolute atomic E-state index is 12.6. The van der Waals surface area contributed by atoms with E-state index in [0.29, 0.717) is 11.6 Å². The van der Waals surface area contributed by atoms with Crippen LogP contribution in [0.15, 0.2) is 48.9 Å². The van der Waals surface area contributed by atoms with Gasteiger partial charge >= 0.3 is 0 Å². The van der Waals surface area contributed by atoms with Crippen molar-refractivity contribution in [3.8, 4) is 22.8 Å². The fourth-order valence-corrected chi connectivity index (χ4v) is 2.43. The van der Waals surface area contributed by atoms with E-state index in [1.54, 1.807) is 42.5 Å². The summed E-state index contributed by atoms with van der Waals surface area (Å²) in [6, 6.07) is 9.09. The van der Waals surface area contributed by atoms with Crippen molar-refractivity contribution in [3.63, 3.8) is 0 Å². The minimum absolute atomic E-state index is 0.233. The number of carbonyl (C=O) groups is 1. The Morgan fingerprint density at radius 1 is 1.19 bits per heavy atom. The quantitative estimate of drug-likeness (QED) is 0.781. The van der Waals surface area contributed by atoms with E-state index < -0.39 is 0 Å². The van der Waals surface area contributed by atoms with Crippen molar-refractivity contribution in [1.82, 2.24) is 25.1 Å². The van der Waals surface area contributed by atoms with Crippen molar-refractivity contribution >= 4 is 5.91 Å². The van der Waals surface area contributed by atoms with Crippen LogP contribution in [0.1, 0.15) is 31.3 Å². The molecule has 134 valence electrons. The number of rotatable bonds is 4. The summed E-state index contributed by atoms with van der Waals surface area (Å²) in [5, 5.41) is 7.42. The minimum Gasteiger partial charge on any atom is -0.481 e. The lowest BCUT2D eigenvalue weighted by molar-refractivity contribution is 0.0914. The van der Waals surface area contributed by atoms with E-state index in [2.05, 4.69) is 20.4 Å².